The van der Waals surface area contributed by atoms with E-state index in [1.807, 2.05) is 43.3 Å². The highest BCUT2D eigenvalue weighted by Crippen LogP contribution is 2.38. The van der Waals surface area contributed by atoms with Gasteiger partial charge in [0.2, 0.25) is 5.88 Å². The molecule has 0 bridgehead atoms. The maximum absolute atomic E-state index is 13.4. The first kappa shape index (κ1) is 22.8. The third-order valence-electron chi connectivity index (χ3n) is 6.33. The van der Waals surface area contributed by atoms with E-state index >= 15 is 0 Å². The summed E-state index contributed by atoms with van der Waals surface area (Å²) in [5.74, 6) is 0.633. The van der Waals surface area contributed by atoms with Crippen LogP contribution in [0.15, 0.2) is 103 Å². The average molecular weight is 496 g/mol. The monoisotopic (exact) mass is 495 g/mol. The second-order valence-electron chi connectivity index (χ2n) is 8.71. The molecule has 0 aliphatic heterocycles. The van der Waals surface area contributed by atoms with Crippen LogP contribution in [0.2, 0.25) is 0 Å². The Bertz CT molecular complexity index is 1770. The number of nitrogens with zero attached hydrogens (tertiary/aromatic N) is 3. The second-order valence-corrected chi connectivity index (χ2v) is 8.71. The van der Waals surface area contributed by atoms with Crippen LogP contribution in [0.5, 0.6) is 11.6 Å². The molecule has 0 atom stereocenters. The number of aromatic nitrogens is 3. The minimum absolute atomic E-state index is 0.267. The molecule has 182 valence electrons. The summed E-state index contributed by atoms with van der Waals surface area (Å²) in [5, 5.41) is 2.20. The number of fused-ring (bicyclic) bond motifs is 3. The summed E-state index contributed by atoms with van der Waals surface area (Å²) < 4.78 is 48.0. The summed E-state index contributed by atoms with van der Waals surface area (Å²) in [6.45, 7) is 2.03. The van der Waals surface area contributed by atoms with Gasteiger partial charge in [-0.15, -0.1) is 0 Å². The standard InChI is InChI=1S/C30H20F3N3O/c1-19-7-5-15-34-28(19)36-26-12-3-2-10-23(26)24-14-13-21(18-27(24)36)20-8-4-9-22(17-20)37-29-25(30(31,32)33)11-6-16-35-29/h2-18H,1H3. The summed E-state index contributed by atoms with van der Waals surface area (Å²) in [5.41, 5.74) is 3.85. The van der Waals surface area contributed by atoms with Gasteiger partial charge in [0, 0.05) is 23.2 Å². The summed E-state index contributed by atoms with van der Waals surface area (Å²) in [6, 6.07) is 27.4. The Hall–Kier alpha value is -4.65. The number of para-hydroxylation sites is 1. The molecule has 3 aromatic carbocycles. The molecule has 0 unspecified atom stereocenters. The molecule has 7 heteroatoms. The zero-order chi connectivity index (χ0) is 25.6. The summed E-state index contributed by atoms with van der Waals surface area (Å²) in [4.78, 5) is 8.47. The van der Waals surface area contributed by atoms with Gasteiger partial charge in [-0.25, -0.2) is 9.97 Å². The zero-order valence-corrected chi connectivity index (χ0v) is 19.7. The van der Waals surface area contributed by atoms with E-state index in [0.717, 1.165) is 50.4 Å². The van der Waals surface area contributed by atoms with Gasteiger partial charge in [0.1, 0.15) is 17.1 Å². The molecule has 0 amide bonds. The summed E-state index contributed by atoms with van der Waals surface area (Å²) in [7, 11) is 0. The highest BCUT2D eigenvalue weighted by Gasteiger charge is 2.35. The van der Waals surface area contributed by atoms with Crippen LogP contribution >= 0.6 is 0 Å². The lowest BCUT2D eigenvalue weighted by Crippen LogP contribution is -2.08. The Morgan fingerprint density at radius 1 is 0.703 bits per heavy atom. The van der Waals surface area contributed by atoms with E-state index in [1.54, 1.807) is 24.4 Å². The molecule has 6 rings (SSSR count). The lowest BCUT2D eigenvalue weighted by molar-refractivity contribution is -0.138. The van der Waals surface area contributed by atoms with Gasteiger partial charge in [-0.1, -0.05) is 48.5 Å². The van der Waals surface area contributed by atoms with Crippen LogP contribution in [0.25, 0.3) is 38.8 Å². The molecule has 0 aliphatic carbocycles. The van der Waals surface area contributed by atoms with E-state index < -0.39 is 17.6 Å². The second kappa shape index (κ2) is 8.78. The lowest BCUT2D eigenvalue weighted by Gasteiger charge is -2.13. The summed E-state index contributed by atoms with van der Waals surface area (Å²) in [6.07, 6.45) is -1.51. The fourth-order valence-corrected chi connectivity index (χ4v) is 4.63. The molecule has 0 radical (unpaired) electrons. The third kappa shape index (κ3) is 4.08. The first-order valence-corrected chi connectivity index (χ1v) is 11.7. The van der Waals surface area contributed by atoms with E-state index in [-0.39, 0.29) is 5.75 Å². The van der Waals surface area contributed by atoms with Crippen LogP contribution in [-0.2, 0) is 6.18 Å². The molecule has 0 fully saturated rings. The number of rotatable bonds is 4. The van der Waals surface area contributed by atoms with Crippen LogP contribution in [0.3, 0.4) is 0 Å². The number of ether oxygens (including phenoxy) is 1. The Morgan fingerprint density at radius 3 is 2.30 bits per heavy atom. The van der Waals surface area contributed by atoms with Gasteiger partial charge in [0.15, 0.2) is 0 Å². The molecule has 0 saturated carbocycles. The SMILES string of the molecule is Cc1cccnc1-n1c2ccccc2c2ccc(-c3cccc(Oc4ncccc4C(F)(F)F)c3)cc21. The molecule has 6 aromatic rings. The quantitative estimate of drug-likeness (QED) is 0.247. The Morgan fingerprint density at radius 2 is 1.46 bits per heavy atom. The van der Waals surface area contributed by atoms with E-state index in [9.17, 15) is 13.2 Å². The first-order valence-electron chi connectivity index (χ1n) is 11.7. The minimum Gasteiger partial charge on any atom is -0.438 e. The first-order chi connectivity index (χ1) is 17.9. The number of pyridine rings is 2. The average Bonchev–Trinajstić information content (AvgIpc) is 3.22. The number of benzene rings is 3. The zero-order valence-electron chi connectivity index (χ0n) is 19.7. The molecule has 0 N–H and O–H groups in total. The van der Waals surface area contributed by atoms with Gasteiger partial charge < -0.3 is 4.74 Å². The number of hydrogen-bond acceptors (Lipinski definition) is 3. The number of halogens is 3. The Balaban J connectivity index is 1.47. The third-order valence-corrected chi connectivity index (χ3v) is 6.33. The van der Waals surface area contributed by atoms with Crippen molar-refractivity contribution in [2.24, 2.45) is 0 Å². The minimum atomic E-state index is -4.57. The van der Waals surface area contributed by atoms with Gasteiger partial charge in [-0.05, 0) is 66.1 Å². The number of aryl methyl sites for hydroxylation is 1. The fraction of sp³-hybridized carbons (Fsp3) is 0.0667. The van der Waals surface area contributed by atoms with Crippen molar-refractivity contribution < 1.29 is 17.9 Å². The number of alkyl halides is 3. The number of hydrogen-bond donors (Lipinski definition) is 0. The molecule has 0 saturated heterocycles. The van der Waals surface area contributed by atoms with Crippen molar-refractivity contribution in [1.82, 2.24) is 14.5 Å². The highest BCUT2D eigenvalue weighted by atomic mass is 19.4. The fourth-order valence-electron chi connectivity index (χ4n) is 4.63. The van der Waals surface area contributed by atoms with Crippen molar-refractivity contribution >= 4 is 21.8 Å². The van der Waals surface area contributed by atoms with Crippen LogP contribution < -0.4 is 4.74 Å². The highest BCUT2D eigenvalue weighted by molar-refractivity contribution is 6.10. The molecule has 37 heavy (non-hydrogen) atoms. The predicted molar refractivity (Wildman–Crippen MR) is 138 cm³/mol. The predicted octanol–water partition coefficient (Wildman–Crippen LogP) is 8.36. The van der Waals surface area contributed by atoms with Gasteiger partial charge in [0.25, 0.3) is 0 Å². The van der Waals surface area contributed by atoms with Crippen LogP contribution in [0.1, 0.15) is 11.1 Å². The van der Waals surface area contributed by atoms with Crippen molar-refractivity contribution in [1.29, 1.82) is 0 Å². The molecular formula is C30H20F3N3O. The van der Waals surface area contributed by atoms with Crippen molar-refractivity contribution in [3.8, 4) is 28.6 Å². The van der Waals surface area contributed by atoms with Gasteiger partial charge in [-0.3, -0.25) is 4.57 Å². The van der Waals surface area contributed by atoms with E-state index in [0.29, 0.717) is 0 Å². The molecule has 3 heterocycles. The van der Waals surface area contributed by atoms with Crippen molar-refractivity contribution in [2.45, 2.75) is 13.1 Å². The molecule has 3 aromatic heterocycles. The Kier molecular flexibility index (Phi) is 5.41. The topological polar surface area (TPSA) is 39.9 Å². The van der Waals surface area contributed by atoms with Crippen LogP contribution in [-0.4, -0.2) is 14.5 Å². The van der Waals surface area contributed by atoms with E-state index in [1.165, 1.54) is 12.3 Å². The maximum Gasteiger partial charge on any atom is 0.421 e. The van der Waals surface area contributed by atoms with Crippen molar-refractivity contribution in [2.75, 3.05) is 0 Å². The van der Waals surface area contributed by atoms with Gasteiger partial charge >= 0.3 is 6.18 Å². The normalized spacial score (nSPS) is 11.8. The Labute approximate surface area is 210 Å². The van der Waals surface area contributed by atoms with Gasteiger partial charge in [0.05, 0.1) is 11.0 Å². The van der Waals surface area contributed by atoms with E-state index in [2.05, 4.69) is 38.8 Å². The van der Waals surface area contributed by atoms with Crippen LogP contribution in [0, 0.1) is 6.92 Å². The van der Waals surface area contributed by atoms with Crippen molar-refractivity contribution in [3.05, 3.63) is 115 Å². The maximum atomic E-state index is 13.4. The summed E-state index contributed by atoms with van der Waals surface area (Å²) >= 11 is 0. The lowest BCUT2D eigenvalue weighted by atomic mass is 10.0. The largest absolute Gasteiger partial charge is 0.438 e. The van der Waals surface area contributed by atoms with Gasteiger partial charge in [-0.2, -0.15) is 13.2 Å². The van der Waals surface area contributed by atoms with E-state index in [4.69, 9.17) is 4.74 Å². The molecular weight excluding hydrogens is 475 g/mol. The smallest absolute Gasteiger partial charge is 0.421 e. The molecule has 0 aliphatic rings. The van der Waals surface area contributed by atoms with Crippen molar-refractivity contribution in [3.63, 3.8) is 0 Å². The van der Waals surface area contributed by atoms with Crippen LogP contribution in [0.4, 0.5) is 13.2 Å². The molecule has 4 nitrogen and oxygen atoms in total. The molecule has 0 spiro atoms.